The van der Waals surface area contributed by atoms with Crippen LogP contribution in [-0.4, -0.2) is 66.7 Å². The van der Waals surface area contributed by atoms with Crippen molar-refractivity contribution in [2.24, 2.45) is 7.05 Å². The van der Waals surface area contributed by atoms with Gasteiger partial charge in [-0.25, -0.2) is 9.97 Å². The standard InChI is InChI=1S/C29H31F3N6O2/c1-36(2)12-13-37(3)24-16-25(40-5)18(14-22(24)35-29(39)27(30)28(31)32)15-26-33-11-10-21(34-26)20-17-38(4)23-9-7-6-8-19(20)23/h6-11,14,16-17H,12-13,15H2,1-5H3,(H,35,39). The highest BCUT2D eigenvalue weighted by atomic mass is 19.3. The van der Waals surface area contributed by atoms with E-state index < -0.39 is 17.8 Å². The Bertz CT molecular complexity index is 1560. The van der Waals surface area contributed by atoms with Gasteiger partial charge in [0.15, 0.2) is 0 Å². The smallest absolute Gasteiger partial charge is 0.311 e. The summed E-state index contributed by atoms with van der Waals surface area (Å²) in [6.45, 7) is 1.22. The molecule has 0 saturated carbocycles. The van der Waals surface area contributed by atoms with E-state index >= 15 is 0 Å². The van der Waals surface area contributed by atoms with Crippen LogP contribution in [-0.2, 0) is 18.3 Å². The fourth-order valence-corrected chi connectivity index (χ4v) is 4.44. The van der Waals surface area contributed by atoms with E-state index in [1.165, 1.54) is 7.11 Å². The number of methoxy groups -OCH3 is 1. The van der Waals surface area contributed by atoms with Gasteiger partial charge < -0.3 is 24.4 Å². The lowest BCUT2D eigenvalue weighted by atomic mass is 10.1. The molecule has 210 valence electrons. The summed E-state index contributed by atoms with van der Waals surface area (Å²) in [5, 5.41) is 3.34. The number of rotatable bonds is 10. The number of hydrogen-bond acceptors (Lipinski definition) is 6. The minimum atomic E-state index is -2.69. The molecular weight excluding hydrogens is 521 g/mol. The van der Waals surface area contributed by atoms with Gasteiger partial charge in [0, 0.05) is 74.1 Å². The van der Waals surface area contributed by atoms with Crippen molar-refractivity contribution >= 4 is 28.2 Å². The number of hydrogen-bond donors (Lipinski definition) is 1. The lowest BCUT2D eigenvalue weighted by molar-refractivity contribution is -0.114. The van der Waals surface area contributed by atoms with Crippen LogP contribution in [0.15, 0.2) is 66.8 Å². The Morgan fingerprint density at radius 2 is 1.82 bits per heavy atom. The molecule has 0 radical (unpaired) electrons. The average molecular weight is 553 g/mol. The number of benzene rings is 2. The molecule has 0 atom stereocenters. The molecule has 2 aromatic heterocycles. The van der Waals surface area contributed by atoms with Crippen molar-refractivity contribution in [1.82, 2.24) is 19.4 Å². The van der Waals surface area contributed by atoms with Crippen molar-refractivity contribution in [3.8, 4) is 17.0 Å². The average Bonchev–Trinajstić information content (AvgIpc) is 3.28. The van der Waals surface area contributed by atoms with E-state index in [1.54, 1.807) is 25.4 Å². The normalized spacial score (nSPS) is 11.1. The van der Waals surface area contributed by atoms with Gasteiger partial charge in [-0.2, -0.15) is 13.2 Å². The van der Waals surface area contributed by atoms with Gasteiger partial charge in [0.05, 0.1) is 24.2 Å². The molecule has 0 aliphatic heterocycles. The third-order valence-corrected chi connectivity index (χ3v) is 6.53. The number of nitrogens with one attached hydrogen (secondary N) is 1. The summed E-state index contributed by atoms with van der Waals surface area (Å²) in [6.07, 6.45) is 1.20. The predicted octanol–water partition coefficient (Wildman–Crippen LogP) is 5.25. The molecule has 2 heterocycles. The van der Waals surface area contributed by atoms with Crippen LogP contribution in [0.5, 0.6) is 5.75 Å². The Morgan fingerprint density at radius 3 is 2.52 bits per heavy atom. The van der Waals surface area contributed by atoms with Crippen LogP contribution in [0.25, 0.3) is 22.2 Å². The first-order valence-corrected chi connectivity index (χ1v) is 12.5. The highest BCUT2D eigenvalue weighted by molar-refractivity contribution is 6.04. The van der Waals surface area contributed by atoms with Gasteiger partial charge in [0.1, 0.15) is 11.6 Å². The van der Waals surface area contributed by atoms with E-state index in [2.05, 4.69) is 10.3 Å². The van der Waals surface area contributed by atoms with Gasteiger partial charge in [-0.15, -0.1) is 0 Å². The number of aromatic nitrogens is 3. The fraction of sp³-hybridized carbons (Fsp3) is 0.276. The molecule has 0 aliphatic carbocycles. The van der Waals surface area contributed by atoms with Crippen molar-refractivity contribution in [1.29, 1.82) is 0 Å². The Morgan fingerprint density at radius 1 is 1.07 bits per heavy atom. The first-order chi connectivity index (χ1) is 19.1. The van der Waals surface area contributed by atoms with Crippen LogP contribution < -0.4 is 15.0 Å². The third-order valence-electron chi connectivity index (χ3n) is 6.53. The van der Waals surface area contributed by atoms with Crippen LogP contribution in [0.1, 0.15) is 11.4 Å². The molecule has 2 aromatic carbocycles. The van der Waals surface area contributed by atoms with E-state index in [1.807, 2.05) is 72.0 Å². The molecule has 0 saturated heterocycles. The molecule has 40 heavy (non-hydrogen) atoms. The minimum absolute atomic E-state index is 0.156. The molecule has 1 N–H and O–H groups in total. The molecule has 0 unspecified atom stereocenters. The maximum atomic E-state index is 13.8. The fourth-order valence-electron chi connectivity index (χ4n) is 4.44. The second-order valence-electron chi connectivity index (χ2n) is 9.64. The minimum Gasteiger partial charge on any atom is -0.496 e. The van der Waals surface area contributed by atoms with Crippen LogP contribution in [0.4, 0.5) is 24.5 Å². The zero-order valence-electron chi connectivity index (χ0n) is 23.0. The van der Waals surface area contributed by atoms with Gasteiger partial charge >= 0.3 is 6.08 Å². The number of para-hydroxylation sites is 1. The number of anilines is 2. The lowest BCUT2D eigenvalue weighted by Crippen LogP contribution is -2.29. The van der Waals surface area contributed by atoms with E-state index in [0.717, 1.165) is 22.2 Å². The van der Waals surface area contributed by atoms with Crippen molar-refractivity contribution in [3.05, 3.63) is 78.2 Å². The highest BCUT2D eigenvalue weighted by Crippen LogP contribution is 2.35. The van der Waals surface area contributed by atoms with Gasteiger partial charge in [-0.1, -0.05) is 18.2 Å². The Kier molecular flexibility index (Phi) is 8.73. The topological polar surface area (TPSA) is 75.5 Å². The van der Waals surface area contributed by atoms with Crippen molar-refractivity contribution < 1.29 is 22.7 Å². The number of carbonyl (C=O) groups is 1. The summed E-state index contributed by atoms with van der Waals surface area (Å²) < 4.78 is 47.0. The second-order valence-corrected chi connectivity index (χ2v) is 9.64. The van der Waals surface area contributed by atoms with Crippen molar-refractivity contribution in [2.45, 2.75) is 6.42 Å². The van der Waals surface area contributed by atoms with Gasteiger partial charge in [-0.05, 0) is 32.3 Å². The number of ether oxygens (including phenoxy) is 1. The molecule has 0 spiro atoms. The first kappa shape index (κ1) is 28.6. The number of amides is 1. The van der Waals surface area contributed by atoms with E-state index in [0.29, 0.717) is 35.9 Å². The number of aryl methyl sites for hydroxylation is 1. The van der Waals surface area contributed by atoms with E-state index in [9.17, 15) is 18.0 Å². The molecule has 0 fully saturated rings. The summed E-state index contributed by atoms with van der Waals surface area (Å²) in [5.74, 6) is -2.70. The molecular formula is C29H31F3N6O2. The summed E-state index contributed by atoms with van der Waals surface area (Å²) >= 11 is 0. The SMILES string of the molecule is COc1cc(N(C)CCN(C)C)c(NC(=O)C(F)=C(F)F)cc1Cc1nccc(-c2cn(C)c3ccccc23)n1. The van der Waals surface area contributed by atoms with Crippen LogP contribution in [0, 0.1) is 0 Å². The number of fused-ring (bicyclic) bond motifs is 1. The van der Waals surface area contributed by atoms with E-state index in [-0.39, 0.29) is 12.1 Å². The van der Waals surface area contributed by atoms with Gasteiger partial charge in [-0.3, -0.25) is 4.79 Å². The molecule has 4 aromatic rings. The monoisotopic (exact) mass is 552 g/mol. The number of nitrogens with zero attached hydrogens (tertiary/aromatic N) is 5. The molecule has 0 aliphatic rings. The number of halogens is 3. The Labute approximate surface area is 230 Å². The summed E-state index contributed by atoms with van der Waals surface area (Å²) in [4.78, 5) is 25.2. The second kappa shape index (κ2) is 12.2. The molecule has 1 amide bonds. The largest absolute Gasteiger partial charge is 0.496 e. The Balaban J connectivity index is 1.73. The zero-order valence-corrected chi connectivity index (χ0v) is 23.0. The van der Waals surface area contributed by atoms with Crippen LogP contribution in [0.2, 0.25) is 0 Å². The van der Waals surface area contributed by atoms with Crippen LogP contribution in [0.3, 0.4) is 0 Å². The van der Waals surface area contributed by atoms with Crippen LogP contribution >= 0.6 is 0 Å². The molecule has 8 nitrogen and oxygen atoms in total. The van der Waals surface area contributed by atoms with Crippen molar-refractivity contribution in [2.75, 3.05) is 51.6 Å². The predicted molar refractivity (Wildman–Crippen MR) is 151 cm³/mol. The number of carbonyl (C=O) groups excluding carboxylic acids is 1. The maximum Gasteiger partial charge on any atom is 0.311 e. The van der Waals surface area contributed by atoms with Gasteiger partial charge in [0.2, 0.25) is 0 Å². The zero-order chi connectivity index (χ0) is 29.0. The first-order valence-electron chi connectivity index (χ1n) is 12.5. The van der Waals surface area contributed by atoms with Gasteiger partial charge in [0.25, 0.3) is 11.7 Å². The van der Waals surface area contributed by atoms with Crippen molar-refractivity contribution in [3.63, 3.8) is 0 Å². The molecule has 11 heteroatoms. The number of likely N-dealkylation sites (N-methyl/N-ethyl adjacent to an activating group) is 2. The summed E-state index contributed by atoms with van der Waals surface area (Å²) in [6, 6.07) is 13.1. The summed E-state index contributed by atoms with van der Waals surface area (Å²) in [7, 11) is 9.09. The maximum absolute atomic E-state index is 13.8. The Hall–Kier alpha value is -4.38. The summed E-state index contributed by atoms with van der Waals surface area (Å²) in [5.41, 5.74) is 3.98. The molecule has 0 bridgehead atoms. The third kappa shape index (κ3) is 6.26. The lowest BCUT2D eigenvalue weighted by Gasteiger charge is -2.26. The molecule has 4 rings (SSSR count). The highest BCUT2D eigenvalue weighted by Gasteiger charge is 2.21. The quantitative estimate of drug-likeness (QED) is 0.271. The van der Waals surface area contributed by atoms with E-state index in [4.69, 9.17) is 9.72 Å².